The number of carboxylic acid groups (broad SMARTS) is 1. The fraction of sp³-hybridized carbons (Fsp3) is 0.0769. The highest BCUT2D eigenvalue weighted by molar-refractivity contribution is 7.12. The third kappa shape index (κ3) is 3.82. The number of thiophene rings is 1. The highest BCUT2D eigenvalue weighted by atomic mass is 32.1. The molecule has 0 unspecified atom stereocenters. The van der Waals surface area contributed by atoms with Gasteiger partial charge in [0.05, 0.1) is 5.69 Å². The zero-order chi connectivity index (χ0) is 13.7. The van der Waals surface area contributed by atoms with Crippen LogP contribution in [-0.4, -0.2) is 17.2 Å². The van der Waals surface area contributed by atoms with Crippen LogP contribution < -0.4 is 5.32 Å². The summed E-state index contributed by atoms with van der Waals surface area (Å²) in [5, 5.41) is 12.8. The number of carboxylic acids is 1. The maximum absolute atomic E-state index is 11.5. The second-order valence-electron chi connectivity index (χ2n) is 3.69. The highest BCUT2D eigenvalue weighted by Crippen LogP contribution is 2.19. The van der Waals surface area contributed by atoms with Gasteiger partial charge in [0.2, 0.25) is 0 Å². The number of hydrogen-bond donors (Lipinski definition) is 2. The molecular formula is C13H11NO4S. The van der Waals surface area contributed by atoms with E-state index < -0.39 is 12.1 Å². The number of aromatic carboxylic acids is 1. The number of benzene rings is 1. The number of carbonyl (C=O) groups excluding carboxylic acids is 1. The summed E-state index contributed by atoms with van der Waals surface area (Å²) in [6.07, 6.45) is -0.612. The summed E-state index contributed by atoms with van der Waals surface area (Å²) in [6.45, 7) is 0.169. The third-order valence-electron chi connectivity index (χ3n) is 2.27. The van der Waals surface area contributed by atoms with E-state index in [2.05, 4.69) is 5.32 Å². The molecule has 0 aliphatic carbocycles. The Kier molecular flexibility index (Phi) is 4.15. The Bertz CT molecular complexity index is 579. The van der Waals surface area contributed by atoms with Crippen molar-refractivity contribution in [2.24, 2.45) is 0 Å². The molecule has 0 saturated heterocycles. The summed E-state index contributed by atoms with van der Waals surface area (Å²) in [5.41, 5.74) is 1.30. The average Bonchev–Trinajstić information content (AvgIpc) is 2.86. The van der Waals surface area contributed by atoms with Gasteiger partial charge in [-0.15, -0.1) is 11.3 Å². The lowest BCUT2D eigenvalue weighted by Gasteiger charge is -2.05. The van der Waals surface area contributed by atoms with Crippen LogP contribution in [0.25, 0.3) is 0 Å². The van der Waals surface area contributed by atoms with Crippen LogP contribution in [0.15, 0.2) is 41.8 Å². The van der Waals surface area contributed by atoms with Gasteiger partial charge in [-0.2, -0.15) is 0 Å². The summed E-state index contributed by atoms with van der Waals surface area (Å²) < 4.78 is 5.01. The molecule has 98 valence electrons. The Morgan fingerprint density at radius 3 is 2.63 bits per heavy atom. The molecule has 1 amide bonds. The van der Waals surface area contributed by atoms with Crippen molar-refractivity contribution in [3.8, 4) is 0 Å². The molecule has 6 heteroatoms. The van der Waals surface area contributed by atoms with Crippen LogP contribution in [0.1, 0.15) is 15.2 Å². The Morgan fingerprint density at radius 2 is 2.00 bits per heavy atom. The number of carbonyl (C=O) groups is 2. The van der Waals surface area contributed by atoms with Crippen LogP contribution >= 0.6 is 11.3 Å². The molecule has 1 aromatic heterocycles. The lowest BCUT2D eigenvalue weighted by Crippen LogP contribution is -2.12. The molecule has 19 heavy (non-hydrogen) atoms. The number of anilines is 1. The van der Waals surface area contributed by atoms with Crippen LogP contribution in [0.5, 0.6) is 0 Å². The summed E-state index contributed by atoms with van der Waals surface area (Å²) in [6, 6.07) is 10.7. The number of ether oxygens (including phenoxy) is 1. The summed E-state index contributed by atoms with van der Waals surface area (Å²) in [7, 11) is 0. The molecule has 1 aromatic carbocycles. The highest BCUT2D eigenvalue weighted by Gasteiger charge is 2.09. The predicted octanol–water partition coefficient (Wildman–Crippen LogP) is 3.20. The quantitative estimate of drug-likeness (QED) is 0.899. The molecule has 0 saturated carbocycles. The van der Waals surface area contributed by atoms with Gasteiger partial charge in [-0.25, -0.2) is 9.59 Å². The first-order valence-electron chi connectivity index (χ1n) is 5.44. The minimum absolute atomic E-state index is 0.165. The Labute approximate surface area is 113 Å². The van der Waals surface area contributed by atoms with Crippen molar-refractivity contribution in [1.82, 2.24) is 0 Å². The molecule has 0 radical (unpaired) electrons. The van der Waals surface area contributed by atoms with Gasteiger partial charge in [0.25, 0.3) is 0 Å². The molecule has 2 N–H and O–H groups in total. The third-order valence-corrected chi connectivity index (χ3v) is 3.19. The molecule has 2 rings (SSSR count). The van der Waals surface area contributed by atoms with Gasteiger partial charge < -0.3 is 9.84 Å². The van der Waals surface area contributed by atoms with Crippen molar-refractivity contribution in [2.75, 3.05) is 5.32 Å². The van der Waals surface area contributed by atoms with Crippen LogP contribution in [0.4, 0.5) is 10.5 Å². The minimum atomic E-state index is -1.02. The minimum Gasteiger partial charge on any atom is -0.477 e. The molecule has 2 aromatic rings. The first kappa shape index (κ1) is 13.1. The van der Waals surface area contributed by atoms with Crippen molar-refractivity contribution in [3.05, 3.63) is 52.2 Å². The van der Waals surface area contributed by atoms with Crippen LogP contribution in [0, 0.1) is 0 Å². The molecule has 0 fully saturated rings. The van der Waals surface area contributed by atoms with Crippen LogP contribution in [0.3, 0.4) is 0 Å². The smallest absolute Gasteiger partial charge is 0.411 e. The van der Waals surface area contributed by atoms with E-state index in [0.29, 0.717) is 5.69 Å². The predicted molar refractivity (Wildman–Crippen MR) is 71.5 cm³/mol. The zero-order valence-corrected chi connectivity index (χ0v) is 10.6. The van der Waals surface area contributed by atoms with Gasteiger partial charge in [0.15, 0.2) is 0 Å². The molecule has 0 aliphatic heterocycles. The number of nitrogens with one attached hydrogen (secondary N) is 1. The molecule has 0 aliphatic rings. The van der Waals surface area contributed by atoms with E-state index in [1.54, 1.807) is 5.38 Å². The maximum Gasteiger partial charge on any atom is 0.411 e. The molecule has 0 bridgehead atoms. The number of amides is 1. The van der Waals surface area contributed by atoms with Gasteiger partial charge in [0.1, 0.15) is 11.5 Å². The SMILES string of the molecule is O=C(Nc1csc(C(=O)O)c1)OCc1ccccc1. The van der Waals surface area contributed by atoms with Crippen LogP contribution in [-0.2, 0) is 11.3 Å². The Hall–Kier alpha value is -2.34. The molecule has 1 heterocycles. The monoisotopic (exact) mass is 277 g/mol. The van der Waals surface area contributed by atoms with Crippen LogP contribution in [0.2, 0.25) is 0 Å². The van der Waals surface area contributed by atoms with E-state index in [1.807, 2.05) is 30.3 Å². The van der Waals surface area contributed by atoms with E-state index in [4.69, 9.17) is 9.84 Å². The van der Waals surface area contributed by atoms with Gasteiger partial charge >= 0.3 is 12.1 Å². The van der Waals surface area contributed by atoms with Gasteiger partial charge in [-0.1, -0.05) is 30.3 Å². The fourth-order valence-corrected chi connectivity index (χ4v) is 2.07. The van der Waals surface area contributed by atoms with E-state index in [0.717, 1.165) is 16.9 Å². The van der Waals surface area contributed by atoms with Gasteiger partial charge in [-0.05, 0) is 11.6 Å². The lowest BCUT2D eigenvalue weighted by molar-refractivity contribution is 0.0702. The van der Waals surface area contributed by atoms with Crippen molar-refractivity contribution in [1.29, 1.82) is 0 Å². The van der Waals surface area contributed by atoms with Gasteiger partial charge in [0, 0.05) is 5.38 Å². The van der Waals surface area contributed by atoms with Crippen molar-refractivity contribution >= 4 is 29.1 Å². The van der Waals surface area contributed by atoms with Crippen molar-refractivity contribution < 1.29 is 19.4 Å². The second-order valence-corrected chi connectivity index (χ2v) is 4.60. The normalized spacial score (nSPS) is 9.89. The lowest BCUT2D eigenvalue weighted by atomic mass is 10.2. The first-order valence-corrected chi connectivity index (χ1v) is 6.32. The van der Waals surface area contributed by atoms with E-state index in [1.165, 1.54) is 6.07 Å². The van der Waals surface area contributed by atoms with E-state index in [9.17, 15) is 9.59 Å². The Morgan fingerprint density at radius 1 is 1.26 bits per heavy atom. The number of hydrogen-bond acceptors (Lipinski definition) is 4. The van der Waals surface area contributed by atoms with E-state index in [-0.39, 0.29) is 11.5 Å². The summed E-state index contributed by atoms with van der Waals surface area (Å²) >= 11 is 1.04. The topological polar surface area (TPSA) is 75.6 Å². The molecule has 0 spiro atoms. The number of rotatable bonds is 4. The molecular weight excluding hydrogens is 266 g/mol. The largest absolute Gasteiger partial charge is 0.477 e. The fourth-order valence-electron chi connectivity index (χ4n) is 1.39. The maximum atomic E-state index is 11.5. The standard InChI is InChI=1S/C13H11NO4S/c15-12(16)11-6-10(8-19-11)14-13(17)18-7-9-4-2-1-3-5-9/h1-6,8H,7H2,(H,14,17)(H,15,16). The van der Waals surface area contributed by atoms with Gasteiger partial charge in [-0.3, -0.25) is 5.32 Å². The summed E-state index contributed by atoms with van der Waals surface area (Å²) in [4.78, 5) is 22.3. The molecule has 0 atom stereocenters. The Balaban J connectivity index is 1.85. The first-order chi connectivity index (χ1) is 9.15. The van der Waals surface area contributed by atoms with Crippen molar-refractivity contribution in [3.63, 3.8) is 0 Å². The molecule has 5 nitrogen and oxygen atoms in total. The van der Waals surface area contributed by atoms with Crippen molar-refractivity contribution in [2.45, 2.75) is 6.61 Å². The summed E-state index contributed by atoms with van der Waals surface area (Å²) in [5.74, 6) is -1.02. The zero-order valence-electron chi connectivity index (χ0n) is 9.83. The van der Waals surface area contributed by atoms with E-state index >= 15 is 0 Å². The average molecular weight is 277 g/mol. The second kappa shape index (κ2) is 6.01.